The summed E-state index contributed by atoms with van der Waals surface area (Å²) in [6.45, 7) is 7.91. The molecule has 1 N–H and O–H groups in total. The number of hydrogen-bond donors (Lipinski definition) is 1. The molecule has 0 spiro atoms. The number of rotatable bonds is 3. The van der Waals surface area contributed by atoms with Gasteiger partial charge in [0.1, 0.15) is 0 Å². The molecule has 2 unspecified atom stereocenters. The highest BCUT2D eigenvalue weighted by Crippen LogP contribution is 2.40. The molecule has 2 aromatic heterocycles. The Hall–Kier alpha value is -2.44. The van der Waals surface area contributed by atoms with Crippen molar-refractivity contribution in [3.8, 4) is 0 Å². The first kappa shape index (κ1) is 17.9. The van der Waals surface area contributed by atoms with E-state index in [2.05, 4.69) is 23.8 Å². The maximum atomic E-state index is 13.4. The second-order valence-electron chi connectivity index (χ2n) is 8.23. The van der Waals surface area contributed by atoms with Gasteiger partial charge >= 0.3 is 5.69 Å². The maximum Gasteiger partial charge on any atom is 0.329 e. The van der Waals surface area contributed by atoms with Crippen LogP contribution in [0.2, 0.25) is 0 Å². The van der Waals surface area contributed by atoms with Crippen LogP contribution in [0.15, 0.2) is 15.7 Å². The van der Waals surface area contributed by atoms with Gasteiger partial charge in [-0.1, -0.05) is 13.8 Å². The number of hydrogen-bond acceptors (Lipinski definition) is 4. The van der Waals surface area contributed by atoms with Crippen molar-refractivity contribution < 1.29 is 4.79 Å². The molecule has 0 radical (unpaired) electrons. The molecule has 2 fully saturated rings. The van der Waals surface area contributed by atoms with E-state index in [1.165, 1.54) is 4.57 Å². The molecule has 4 rings (SSSR count). The predicted molar refractivity (Wildman–Crippen MR) is 103 cm³/mol. The van der Waals surface area contributed by atoms with Gasteiger partial charge in [-0.25, -0.2) is 9.78 Å². The second-order valence-corrected chi connectivity index (χ2v) is 8.23. The van der Waals surface area contributed by atoms with Crippen molar-refractivity contribution in [1.29, 1.82) is 0 Å². The van der Waals surface area contributed by atoms with Crippen LogP contribution in [-0.2, 0) is 6.54 Å². The van der Waals surface area contributed by atoms with Crippen LogP contribution in [0, 0.1) is 11.8 Å². The topological polar surface area (TPSA) is 88.1 Å². The number of carbonyl (C=O) groups is 1. The van der Waals surface area contributed by atoms with E-state index in [1.807, 2.05) is 11.8 Å². The van der Waals surface area contributed by atoms with E-state index in [4.69, 9.17) is 0 Å². The summed E-state index contributed by atoms with van der Waals surface area (Å²) in [5.41, 5.74) is 0.518. The van der Waals surface area contributed by atoms with Gasteiger partial charge in [0.05, 0.1) is 10.9 Å². The van der Waals surface area contributed by atoms with Crippen LogP contribution in [0.1, 0.15) is 62.0 Å². The largest absolute Gasteiger partial charge is 0.338 e. The van der Waals surface area contributed by atoms with Gasteiger partial charge in [0, 0.05) is 31.2 Å². The first-order valence-electron chi connectivity index (χ1n) is 9.86. The van der Waals surface area contributed by atoms with Gasteiger partial charge in [0.15, 0.2) is 5.65 Å². The van der Waals surface area contributed by atoms with Gasteiger partial charge < -0.3 is 4.90 Å². The molecule has 2 atom stereocenters. The lowest BCUT2D eigenvalue weighted by molar-refractivity contribution is 0.0625. The minimum Gasteiger partial charge on any atom is -0.338 e. The lowest BCUT2D eigenvalue weighted by Crippen LogP contribution is -2.43. The van der Waals surface area contributed by atoms with Crippen molar-refractivity contribution in [2.75, 3.05) is 13.1 Å². The zero-order valence-electron chi connectivity index (χ0n) is 16.1. The Labute approximate surface area is 157 Å². The van der Waals surface area contributed by atoms with Gasteiger partial charge in [-0.15, -0.1) is 0 Å². The molecule has 0 bridgehead atoms. The molecule has 0 aromatic carbocycles. The van der Waals surface area contributed by atoms with Crippen molar-refractivity contribution in [3.05, 3.63) is 38.2 Å². The maximum absolute atomic E-state index is 13.4. The quantitative estimate of drug-likeness (QED) is 0.896. The Bertz CT molecular complexity index is 1010. The fourth-order valence-corrected chi connectivity index (χ4v) is 4.34. The lowest BCUT2D eigenvalue weighted by atomic mass is 9.91. The van der Waals surface area contributed by atoms with Gasteiger partial charge in [-0.2, -0.15) is 0 Å². The van der Waals surface area contributed by atoms with Crippen LogP contribution in [-0.4, -0.2) is 38.4 Å². The number of aromatic nitrogens is 3. The van der Waals surface area contributed by atoms with Gasteiger partial charge in [0.25, 0.3) is 11.5 Å². The summed E-state index contributed by atoms with van der Waals surface area (Å²) in [7, 11) is 0. The number of nitrogens with one attached hydrogen (secondary N) is 1. The number of H-pyrrole nitrogens is 1. The van der Waals surface area contributed by atoms with Crippen LogP contribution in [0.3, 0.4) is 0 Å². The molecular weight excluding hydrogens is 344 g/mol. The first-order chi connectivity index (χ1) is 12.9. The number of amides is 1. The lowest BCUT2D eigenvalue weighted by Gasteiger charge is -2.35. The third-order valence-corrected chi connectivity index (χ3v) is 5.67. The monoisotopic (exact) mass is 370 g/mol. The Balaban J connectivity index is 1.92. The van der Waals surface area contributed by atoms with E-state index < -0.39 is 11.2 Å². The summed E-state index contributed by atoms with van der Waals surface area (Å²) in [5.74, 6) is 1.05. The molecule has 1 aliphatic heterocycles. The van der Waals surface area contributed by atoms with E-state index in [1.54, 1.807) is 6.07 Å². The number of likely N-dealkylation sites (tertiary alicyclic amines) is 1. The van der Waals surface area contributed by atoms with Crippen molar-refractivity contribution in [2.45, 2.75) is 52.5 Å². The number of aryl methyl sites for hydroxylation is 1. The molecule has 3 heterocycles. The highest BCUT2D eigenvalue weighted by Gasteiger charge is 2.32. The number of nitrogens with zero attached hydrogens (tertiary/aromatic N) is 3. The van der Waals surface area contributed by atoms with Crippen molar-refractivity contribution >= 4 is 16.9 Å². The molecule has 1 saturated heterocycles. The molecule has 7 heteroatoms. The van der Waals surface area contributed by atoms with E-state index in [-0.39, 0.29) is 11.3 Å². The zero-order valence-corrected chi connectivity index (χ0v) is 16.1. The SMILES string of the molecule is CCn1c(=O)[nH]c(=O)c2c(C(=O)N3CC(C)CC(C)C3)cc(C3CC3)nc21. The molecule has 144 valence electrons. The minimum absolute atomic E-state index is 0.130. The van der Waals surface area contributed by atoms with Gasteiger partial charge in [-0.05, 0) is 44.1 Å². The predicted octanol–water partition coefficient (Wildman–Crippen LogP) is 2.10. The summed E-state index contributed by atoms with van der Waals surface area (Å²) in [6, 6.07) is 1.78. The first-order valence-corrected chi connectivity index (χ1v) is 9.86. The molecule has 2 aliphatic rings. The molecule has 1 amide bonds. The Morgan fingerprint density at radius 3 is 2.48 bits per heavy atom. The summed E-state index contributed by atoms with van der Waals surface area (Å²) in [5, 5.41) is 0.233. The fraction of sp³-hybridized carbons (Fsp3) is 0.600. The molecular formula is C20H26N4O3. The molecule has 1 aliphatic carbocycles. The van der Waals surface area contributed by atoms with E-state index in [0.29, 0.717) is 48.6 Å². The standard InChI is InChI=1S/C20H26N4O3/c1-4-24-17-16(18(25)22-20(24)27)14(8-15(21-17)13-5-6-13)19(26)23-9-11(2)7-12(3)10-23/h8,11-13H,4-7,9-10H2,1-3H3,(H,22,25,27). The molecule has 2 aromatic rings. The van der Waals surface area contributed by atoms with Crippen molar-refractivity contribution in [2.24, 2.45) is 11.8 Å². The number of aromatic amines is 1. The van der Waals surface area contributed by atoms with E-state index >= 15 is 0 Å². The number of fused-ring (bicyclic) bond motifs is 1. The zero-order chi connectivity index (χ0) is 19.3. The summed E-state index contributed by atoms with van der Waals surface area (Å²) >= 11 is 0. The van der Waals surface area contributed by atoms with E-state index in [9.17, 15) is 14.4 Å². The van der Waals surface area contributed by atoms with Crippen molar-refractivity contribution in [3.63, 3.8) is 0 Å². The number of pyridine rings is 1. The smallest absolute Gasteiger partial charge is 0.329 e. The summed E-state index contributed by atoms with van der Waals surface area (Å²) in [6.07, 6.45) is 3.16. The molecule has 1 saturated carbocycles. The average Bonchev–Trinajstić information content (AvgIpc) is 3.44. The Morgan fingerprint density at radius 2 is 1.89 bits per heavy atom. The summed E-state index contributed by atoms with van der Waals surface area (Å²) in [4.78, 5) is 47.1. The molecule has 27 heavy (non-hydrogen) atoms. The van der Waals surface area contributed by atoms with Crippen molar-refractivity contribution in [1.82, 2.24) is 19.4 Å². The number of carbonyl (C=O) groups excluding carboxylic acids is 1. The Kier molecular flexibility index (Phi) is 4.40. The summed E-state index contributed by atoms with van der Waals surface area (Å²) < 4.78 is 1.45. The van der Waals surface area contributed by atoms with Gasteiger partial charge in [0.2, 0.25) is 0 Å². The average molecular weight is 370 g/mol. The Morgan fingerprint density at radius 1 is 1.22 bits per heavy atom. The normalized spacial score (nSPS) is 23.0. The van der Waals surface area contributed by atoms with Crippen LogP contribution in [0.4, 0.5) is 0 Å². The van der Waals surface area contributed by atoms with Crippen LogP contribution in [0.5, 0.6) is 0 Å². The van der Waals surface area contributed by atoms with Crippen LogP contribution < -0.4 is 11.2 Å². The number of piperidine rings is 1. The van der Waals surface area contributed by atoms with Crippen LogP contribution >= 0.6 is 0 Å². The molecule has 7 nitrogen and oxygen atoms in total. The third-order valence-electron chi connectivity index (χ3n) is 5.67. The minimum atomic E-state index is -0.531. The highest BCUT2D eigenvalue weighted by atomic mass is 16.2. The highest BCUT2D eigenvalue weighted by molar-refractivity contribution is 6.05. The third kappa shape index (κ3) is 3.19. The second kappa shape index (κ2) is 6.62. The van der Waals surface area contributed by atoms with Crippen LogP contribution in [0.25, 0.3) is 11.0 Å². The van der Waals surface area contributed by atoms with E-state index in [0.717, 1.165) is 25.0 Å². The van der Waals surface area contributed by atoms with Gasteiger partial charge in [-0.3, -0.25) is 19.1 Å². The fourth-order valence-electron chi connectivity index (χ4n) is 4.34.